The highest BCUT2D eigenvalue weighted by Gasteiger charge is 2.09. The molecule has 6 heteroatoms. The second kappa shape index (κ2) is 8.63. The van der Waals surface area contributed by atoms with Gasteiger partial charge in [-0.15, -0.1) is 0 Å². The van der Waals surface area contributed by atoms with Gasteiger partial charge in [0.2, 0.25) is 5.91 Å². The van der Waals surface area contributed by atoms with Gasteiger partial charge in [0.25, 0.3) is 11.8 Å². The van der Waals surface area contributed by atoms with Crippen LogP contribution in [0.2, 0.25) is 0 Å². The molecule has 6 nitrogen and oxygen atoms in total. The molecule has 0 unspecified atom stereocenters. The van der Waals surface area contributed by atoms with Gasteiger partial charge in [-0.2, -0.15) is 0 Å². The Hall–Kier alpha value is -3.15. The summed E-state index contributed by atoms with van der Waals surface area (Å²) in [6.07, 6.45) is 0. The number of nitrogens with zero attached hydrogens (tertiary/aromatic N) is 1. The van der Waals surface area contributed by atoms with Crippen LogP contribution >= 0.6 is 0 Å². The van der Waals surface area contributed by atoms with Crippen LogP contribution in [0, 0.1) is 0 Å². The number of carbonyl (C=O) groups excluding carboxylic acids is 3. The van der Waals surface area contributed by atoms with Crippen LogP contribution in [0.1, 0.15) is 26.3 Å². The molecule has 0 atom stereocenters. The Morgan fingerprint density at radius 1 is 0.840 bits per heavy atom. The van der Waals surface area contributed by atoms with Crippen molar-refractivity contribution >= 4 is 17.7 Å². The van der Waals surface area contributed by atoms with Gasteiger partial charge in [0.15, 0.2) is 0 Å². The predicted octanol–water partition coefficient (Wildman–Crippen LogP) is 1.43. The first-order valence-electron chi connectivity index (χ1n) is 7.88. The summed E-state index contributed by atoms with van der Waals surface area (Å²) in [5.41, 5.74) is 1.98. The largest absolute Gasteiger partial charge is 0.350 e. The third-order valence-corrected chi connectivity index (χ3v) is 3.54. The summed E-state index contributed by atoms with van der Waals surface area (Å²) in [5.74, 6) is -0.640. The first-order chi connectivity index (χ1) is 12.0. The molecule has 2 N–H and O–H groups in total. The van der Waals surface area contributed by atoms with Crippen LogP contribution in [0.4, 0.5) is 0 Å². The average Bonchev–Trinajstić information content (AvgIpc) is 2.64. The Labute approximate surface area is 146 Å². The Morgan fingerprint density at radius 3 is 2.08 bits per heavy atom. The van der Waals surface area contributed by atoms with Crippen LogP contribution in [0.5, 0.6) is 0 Å². The summed E-state index contributed by atoms with van der Waals surface area (Å²) in [6.45, 7) is 0.238. The number of carbonyl (C=O) groups is 3. The third kappa shape index (κ3) is 5.46. The van der Waals surface area contributed by atoms with E-state index in [0.717, 1.165) is 5.56 Å². The monoisotopic (exact) mass is 339 g/mol. The van der Waals surface area contributed by atoms with E-state index in [2.05, 4.69) is 10.6 Å². The smallest absolute Gasteiger partial charge is 0.253 e. The molecule has 0 saturated heterocycles. The van der Waals surface area contributed by atoms with Gasteiger partial charge in [-0.05, 0) is 29.8 Å². The summed E-state index contributed by atoms with van der Waals surface area (Å²) in [7, 11) is 3.39. The van der Waals surface area contributed by atoms with Crippen molar-refractivity contribution in [1.82, 2.24) is 15.5 Å². The minimum Gasteiger partial charge on any atom is -0.350 e. The van der Waals surface area contributed by atoms with Crippen molar-refractivity contribution in [1.29, 1.82) is 0 Å². The van der Waals surface area contributed by atoms with E-state index in [9.17, 15) is 14.4 Å². The fourth-order valence-corrected chi connectivity index (χ4v) is 2.14. The highest BCUT2D eigenvalue weighted by molar-refractivity contribution is 5.96. The average molecular weight is 339 g/mol. The summed E-state index contributed by atoms with van der Waals surface area (Å²) >= 11 is 0. The van der Waals surface area contributed by atoms with E-state index in [1.54, 1.807) is 62.6 Å². The Bertz CT molecular complexity index is 740. The standard InChI is InChI=1S/C19H21N3O3/c1-22(2)19(25)16-10-8-14(9-11-16)12-20-17(23)13-21-18(24)15-6-4-3-5-7-15/h3-11H,12-13H2,1-2H3,(H,20,23)(H,21,24). The molecule has 2 rings (SSSR count). The molecule has 0 radical (unpaired) electrons. The molecular weight excluding hydrogens is 318 g/mol. The SMILES string of the molecule is CN(C)C(=O)c1ccc(CNC(=O)CNC(=O)c2ccccc2)cc1. The molecule has 2 aromatic rings. The number of amides is 3. The Kier molecular flexibility index (Phi) is 6.28. The molecule has 130 valence electrons. The molecule has 0 aliphatic rings. The van der Waals surface area contributed by atoms with E-state index in [-0.39, 0.29) is 24.3 Å². The zero-order valence-electron chi connectivity index (χ0n) is 14.3. The lowest BCUT2D eigenvalue weighted by molar-refractivity contribution is -0.120. The Balaban J connectivity index is 1.78. The molecule has 3 amide bonds. The molecule has 0 bridgehead atoms. The second-order valence-corrected chi connectivity index (χ2v) is 5.72. The van der Waals surface area contributed by atoms with E-state index in [0.29, 0.717) is 17.7 Å². The van der Waals surface area contributed by atoms with Gasteiger partial charge >= 0.3 is 0 Å². The quantitative estimate of drug-likeness (QED) is 0.836. The van der Waals surface area contributed by atoms with Crippen LogP contribution in [0.15, 0.2) is 54.6 Å². The molecule has 0 heterocycles. The topological polar surface area (TPSA) is 78.5 Å². The van der Waals surface area contributed by atoms with E-state index < -0.39 is 0 Å². The highest BCUT2D eigenvalue weighted by atomic mass is 16.2. The second-order valence-electron chi connectivity index (χ2n) is 5.72. The molecule has 0 aromatic heterocycles. The molecule has 0 saturated carbocycles. The van der Waals surface area contributed by atoms with Gasteiger partial charge in [-0.3, -0.25) is 14.4 Å². The number of hydrogen-bond acceptors (Lipinski definition) is 3. The molecule has 25 heavy (non-hydrogen) atoms. The summed E-state index contributed by atoms with van der Waals surface area (Å²) in [5, 5.41) is 5.30. The van der Waals surface area contributed by atoms with Gasteiger partial charge < -0.3 is 15.5 Å². The maximum absolute atomic E-state index is 11.9. The summed E-state index contributed by atoms with van der Waals surface area (Å²) < 4.78 is 0. The highest BCUT2D eigenvalue weighted by Crippen LogP contribution is 2.06. The molecule has 0 spiro atoms. The van der Waals surface area contributed by atoms with Crippen molar-refractivity contribution in [3.05, 3.63) is 71.3 Å². The van der Waals surface area contributed by atoms with Gasteiger partial charge in [0, 0.05) is 31.8 Å². The van der Waals surface area contributed by atoms with Crippen molar-refractivity contribution in [2.45, 2.75) is 6.54 Å². The number of nitrogens with one attached hydrogen (secondary N) is 2. The first-order valence-corrected chi connectivity index (χ1v) is 7.88. The van der Waals surface area contributed by atoms with E-state index in [1.165, 1.54) is 4.90 Å². The van der Waals surface area contributed by atoms with Gasteiger partial charge in [0.05, 0.1) is 6.54 Å². The first kappa shape index (κ1) is 18.2. The van der Waals surface area contributed by atoms with Crippen LogP contribution < -0.4 is 10.6 Å². The minimum absolute atomic E-state index is 0.0702. The van der Waals surface area contributed by atoms with Crippen LogP contribution in [0.3, 0.4) is 0 Å². The number of rotatable bonds is 6. The maximum atomic E-state index is 11.9. The van der Waals surface area contributed by atoms with Crippen LogP contribution in [-0.4, -0.2) is 43.3 Å². The summed E-state index contributed by atoms with van der Waals surface area (Å²) in [4.78, 5) is 37.0. The zero-order chi connectivity index (χ0) is 18.2. The van der Waals surface area contributed by atoms with Crippen LogP contribution in [-0.2, 0) is 11.3 Å². The van der Waals surface area contributed by atoms with Crippen molar-refractivity contribution in [2.24, 2.45) is 0 Å². The van der Waals surface area contributed by atoms with E-state index in [1.807, 2.05) is 6.07 Å². The lowest BCUT2D eigenvalue weighted by atomic mass is 10.1. The number of hydrogen-bond donors (Lipinski definition) is 2. The summed E-state index contributed by atoms with van der Waals surface area (Å²) in [6, 6.07) is 15.7. The molecule has 2 aromatic carbocycles. The maximum Gasteiger partial charge on any atom is 0.253 e. The number of benzene rings is 2. The van der Waals surface area contributed by atoms with Crippen molar-refractivity contribution in [3.8, 4) is 0 Å². The van der Waals surface area contributed by atoms with Crippen molar-refractivity contribution in [3.63, 3.8) is 0 Å². The van der Waals surface area contributed by atoms with Gasteiger partial charge in [-0.1, -0.05) is 30.3 Å². The molecule has 0 aliphatic heterocycles. The lowest BCUT2D eigenvalue weighted by Crippen LogP contribution is -2.36. The fraction of sp³-hybridized carbons (Fsp3) is 0.211. The normalized spacial score (nSPS) is 10.0. The third-order valence-electron chi connectivity index (χ3n) is 3.54. The zero-order valence-corrected chi connectivity index (χ0v) is 14.3. The van der Waals surface area contributed by atoms with E-state index >= 15 is 0 Å². The molecule has 0 fully saturated rings. The molecule has 0 aliphatic carbocycles. The van der Waals surface area contributed by atoms with Gasteiger partial charge in [0.1, 0.15) is 0 Å². The lowest BCUT2D eigenvalue weighted by Gasteiger charge is -2.11. The Morgan fingerprint density at radius 2 is 1.48 bits per heavy atom. The fourth-order valence-electron chi connectivity index (χ4n) is 2.14. The molecular formula is C19H21N3O3. The van der Waals surface area contributed by atoms with Crippen molar-refractivity contribution in [2.75, 3.05) is 20.6 Å². The van der Waals surface area contributed by atoms with E-state index in [4.69, 9.17) is 0 Å². The van der Waals surface area contributed by atoms with Crippen molar-refractivity contribution < 1.29 is 14.4 Å². The van der Waals surface area contributed by atoms with Crippen LogP contribution in [0.25, 0.3) is 0 Å². The van der Waals surface area contributed by atoms with Gasteiger partial charge in [-0.25, -0.2) is 0 Å². The minimum atomic E-state index is -0.290. The predicted molar refractivity (Wildman–Crippen MR) is 95.1 cm³/mol.